The van der Waals surface area contributed by atoms with Crippen LogP contribution in [0.3, 0.4) is 0 Å². The van der Waals surface area contributed by atoms with Crippen LogP contribution in [0.4, 0.5) is 39.5 Å². The number of benzene rings is 7. The monoisotopic (exact) mass is 1300 g/mol. The third-order valence-corrected chi connectivity index (χ3v) is 13.6. The fourth-order valence-corrected chi connectivity index (χ4v) is 8.39. The number of esters is 2. The van der Waals surface area contributed by atoms with Gasteiger partial charge in [0.05, 0.1) is 43.1 Å². The van der Waals surface area contributed by atoms with Crippen LogP contribution in [0.25, 0.3) is 0 Å². The summed E-state index contributed by atoms with van der Waals surface area (Å²) in [6.07, 6.45) is -5.54. The van der Waals surface area contributed by atoms with Crippen LogP contribution in [-0.4, -0.2) is 64.2 Å². The number of hydrogen-bond acceptors (Lipinski definition) is 10. The van der Waals surface area contributed by atoms with E-state index >= 15 is 0 Å². The van der Waals surface area contributed by atoms with Gasteiger partial charge in [0.1, 0.15) is 11.5 Å². The maximum absolute atomic E-state index is 12.4. The molecule has 0 saturated heterocycles. The Hall–Kier alpha value is -6.25. The summed E-state index contributed by atoms with van der Waals surface area (Å²) < 4.78 is 173. The number of halogens is 13. The smallest absolute Gasteiger partial charge is 0.465 e. The van der Waals surface area contributed by atoms with Gasteiger partial charge in [0, 0.05) is 26.5 Å². The van der Waals surface area contributed by atoms with E-state index in [9.17, 15) is 57.5 Å². The fourth-order valence-electron chi connectivity index (χ4n) is 6.76. The molecule has 0 spiro atoms. The molecule has 7 aromatic rings. The van der Waals surface area contributed by atoms with Gasteiger partial charge in [-0.3, -0.25) is 9.11 Å². The summed E-state index contributed by atoms with van der Waals surface area (Å²) in [6, 6.07) is 40.9. The number of hydrogen-bond donors (Lipinski definition) is 2. The zero-order valence-corrected chi connectivity index (χ0v) is 48.8. The Morgan fingerprint density at radius 1 is 0.524 bits per heavy atom. The van der Waals surface area contributed by atoms with Crippen molar-refractivity contribution in [3.63, 3.8) is 0 Å². The van der Waals surface area contributed by atoms with E-state index < -0.39 is 60.1 Å². The van der Waals surface area contributed by atoms with E-state index in [-0.39, 0.29) is 24.6 Å². The first-order valence-electron chi connectivity index (χ1n) is 24.0. The summed E-state index contributed by atoms with van der Waals surface area (Å²) in [5.74, 6) is -1.06. The topological polar surface area (TPSA) is 180 Å². The van der Waals surface area contributed by atoms with Crippen LogP contribution < -0.4 is 0 Å². The van der Waals surface area contributed by atoms with Gasteiger partial charge in [0.25, 0.3) is 10.1 Å². The van der Waals surface area contributed by atoms with Crippen molar-refractivity contribution in [1.82, 2.24) is 0 Å². The van der Waals surface area contributed by atoms with Crippen molar-refractivity contribution >= 4 is 78.6 Å². The minimum Gasteiger partial charge on any atom is -0.465 e. The zero-order valence-electron chi connectivity index (χ0n) is 44.2. The molecule has 0 aliphatic heterocycles. The summed E-state index contributed by atoms with van der Waals surface area (Å²) >= 11 is 23.9. The first-order chi connectivity index (χ1) is 39.2. The van der Waals surface area contributed by atoms with Crippen LogP contribution in [-0.2, 0) is 77.7 Å². The molecule has 0 saturated carbocycles. The molecule has 0 aliphatic rings. The molecular formula is C57H51Cl4F9O12S2. The van der Waals surface area contributed by atoms with Crippen molar-refractivity contribution in [1.29, 1.82) is 0 Å². The van der Waals surface area contributed by atoms with E-state index in [4.69, 9.17) is 78.3 Å². The van der Waals surface area contributed by atoms with Gasteiger partial charge in [0.15, 0.2) is 0 Å². The largest absolute Gasteiger partial charge is 0.522 e. The number of methoxy groups -OCH3 is 1. The van der Waals surface area contributed by atoms with E-state index in [0.29, 0.717) is 56.2 Å². The highest BCUT2D eigenvalue weighted by Gasteiger charge is 2.44. The van der Waals surface area contributed by atoms with E-state index in [2.05, 4.69) is 11.0 Å². The number of ether oxygens (including phenoxy) is 2. The molecule has 7 aromatic carbocycles. The van der Waals surface area contributed by atoms with Crippen LogP contribution in [0, 0.1) is 0 Å². The lowest BCUT2D eigenvalue weighted by molar-refractivity contribution is -0.282. The molecule has 2 N–H and O–H groups in total. The van der Waals surface area contributed by atoms with Crippen LogP contribution in [0.1, 0.15) is 90.6 Å². The number of alkyl halides is 9. The quantitative estimate of drug-likeness (QED) is 0.0189. The first-order valence-corrected chi connectivity index (χ1v) is 28.4. The van der Waals surface area contributed by atoms with Crippen LogP contribution in [0.5, 0.6) is 0 Å². The highest BCUT2D eigenvalue weighted by molar-refractivity contribution is 7.86. The molecule has 0 amide bonds. The van der Waals surface area contributed by atoms with Crippen LogP contribution in [0.2, 0.25) is 20.1 Å². The van der Waals surface area contributed by atoms with Crippen molar-refractivity contribution in [2.45, 2.75) is 68.4 Å². The van der Waals surface area contributed by atoms with E-state index in [1.165, 1.54) is 56.7 Å². The molecule has 0 radical (unpaired) electrons. The van der Waals surface area contributed by atoms with Crippen molar-refractivity contribution < 1.29 is 94.3 Å². The van der Waals surface area contributed by atoms with Gasteiger partial charge in [-0.15, -0.1) is 0 Å². The molecule has 7 rings (SSSR count). The molecule has 27 heteroatoms. The van der Waals surface area contributed by atoms with Gasteiger partial charge in [-0.25, -0.2) is 19.4 Å². The Balaban J connectivity index is 0.000000282. The molecule has 12 nitrogen and oxygen atoms in total. The average molecular weight is 1300 g/mol. The lowest BCUT2D eigenvalue weighted by Crippen LogP contribution is -2.21. The second kappa shape index (κ2) is 33.4. The lowest BCUT2D eigenvalue weighted by atomic mass is 10.0. The number of rotatable bonds is 15. The molecule has 0 aliphatic carbocycles. The predicted octanol–water partition coefficient (Wildman–Crippen LogP) is 16.6. The molecule has 84 heavy (non-hydrogen) atoms. The van der Waals surface area contributed by atoms with Crippen molar-refractivity contribution in [2.75, 3.05) is 20.8 Å². The summed E-state index contributed by atoms with van der Waals surface area (Å²) in [5, 5.41) is 2.54. The van der Waals surface area contributed by atoms with Crippen molar-refractivity contribution in [3.8, 4) is 0 Å². The third kappa shape index (κ3) is 25.5. The molecule has 0 atom stereocenters. The van der Waals surface area contributed by atoms with E-state index in [0.717, 1.165) is 71.0 Å². The van der Waals surface area contributed by atoms with Gasteiger partial charge in [-0.05, 0) is 131 Å². The molecule has 0 aromatic heterocycles. The Bertz CT molecular complexity index is 3370. The fraction of sp³-hybridized carbons (Fsp3) is 0.228. The minimum atomic E-state index is -5.84. The molecule has 454 valence electrons. The normalized spacial score (nSPS) is 11.5. The highest BCUT2D eigenvalue weighted by Crippen LogP contribution is 2.32. The standard InChI is InChI=1S/C17H18O4.C15H10F6.C13H8Cl4.C11H14O5S.CHF3O3S/c1-19-17(18)16-8-4-6-14(11-16)9-13-5-3-7-15(10-13)12-21-20-2;16-14(17,18)12-5-1-10(2-6-12)9-11-3-7-13(8-4-11)15(19,20)21;14-10-3-1-8(12(16)6-10)5-9-2-4-11(15)7-13(9)17;1-2-3-8-16-11(12)9-6-4-5-7-10(9)17(13,14)15;2-1(3,4)8(5,6)7/h3-8,10-11H,9,12H2,1-2H3;1-8H,9H2;1-4,6-7H,5H2;4-7H,2-3,8H2,1H3,(H,13,14,15);(H,5,6,7). The molecule has 0 unspecified atom stereocenters. The lowest BCUT2D eigenvalue weighted by Gasteiger charge is -2.09. The van der Waals surface area contributed by atoms with E-state index in [1.807, 2.05) is 67.6 Å². The second-order valence-corrected chi connectivity index (χ2v) is 21.7. The van der Waals surface area contributed by atoms with Gasteiger partial charge in [-0.2, -0.15) is 56.3 Å². The molecular weight excluding hydrogens is 1250 g/mol. The van der Waals surface area contributed by atoms with Gasteiger partial charge < -0.3 is 9.47 Å². The molecule has 0 bridgehead atoms. The summed E-state index contributed by atoms with van der Waals surface area (Å²) in [7, 11) is -7.38. The summed E-state index contributed by atoms with van der Waals surface area (Å²) in [6.45, 7) is 2.58. The van der Waals surface area contributed by atoms with Gasteiger partial charge >= 0.3 is 39.9 Å². The Morgan fingerprint density at radius 3 is 1.40 bits per heavy atom. The average Bonchev–Trinajstić information content (AvgIpc) is 3.47. The Labute approximate surface area is 498 Å². The van der Waals surface area contributed by atoms with Crippen molar-refractivity contribution in [2.24, 2.45) is 0 Å². The second-order valence-electron chi connectivity index (χ2n) is 17.2. The SMILES string of the molecule is CCCCOC(=O)c1ccccc1S(=O)(=O)O.COOCc1cccc(Cc2cccc(C(=O)OC)c2)c1.Clc1ccc(Cc2ccc(Cl)cc2Cl)c(Cl)c1.FC(F)(F)c1ccc(Cc2ccc(C(F)(F)F)cc2)cc1.O=S(=O)(O)C(F)(F)F. The number of carbonyl (C=O) groups is 2. The third-order valence-electron chi connectivity index (χ3n) is 10.9. The van der Waals surface area contributed by atoms with Gasteiger partial charge in [0.2, 0.25) is 0 Å². The van der Waals surface area contributed by atoms with Crippen LogP contribution >= 0.6 is 46.4 Å². The maximum Gasteiger partial charge on any atom is 0.522 e. The maximum atomic E-state index is 12.4. The van der Waals surface area contributed by atoms with E-state index in [1.54, 1.807) is 18.2 Å². The first kappa shape index (κ1) is 72.0. The van der Waals surface area contributed by atoms with Crippen molar-refractivity contribution in [3.05, 3.63) is 239 Å². The number of unbranched alkanes of at least 4 members (excludes halogenated alkanes) is 1. The van der Waals surface area contributed by atoms with Gasteiger partial charge in [-0.1, -0.05) is 145 Å². The predicted molar refractivity (Wildman–Crippen MR) is 299 cm³/mol. The number of carbonyl (C=O) groups excluding carboxylic acids is 2. The summed E-state index contributed by atoms with van der Waals surface area (Å²) in [4.78, 5) is 32.2. The zero-order chi connectivity index (χ0) is 63.1. The Morgan fingerprint density at radius 2 is 0.976 bits per heavy atom. The summed E-state index contributed by atoms with van der Waals surface area (Å²) in [5.41, 5.74) is -0.202. The molecule has 0 fully saturated rings. The minimum absolute atomic E-state index is 0.147. The molecule has 0 heterocycles. The van der Waals surface area contributed by atoms with Crippen LogP contribution in [0.15, 0.2) is 163 Å². The Kier molecular flexibility index (Phi) is 28.7. The highest BCUT2D eigenvalue weighted by atomic mass is 35.5.